The number of carbonyl (C=O) groups excluding carboxylic acids is 3. The van der Waals surface area contributed by atoms with Crippen LogP contribution in [0.3, 0.4) is 0 Å². The lowest BCUT2D eigenvalue weighted by Crippen LogP contribution is -2.33. The lowest BCUT2D eigenvalue weighted by Gasteiger charge is -2.16. The molecule has 0 unspecified atom stereocenters. The molecule has 22 heavy (non-hydrogen) atoms. The van der Waals surface area contributed by atoms with Crippen molar-refractivity contribution in [2.75, 3.05) is 12.0 Å². The molecule has 3 aliphatic rings. The van der Waals surface area contributed by atoms with E-state index in [0.29, 0.717) is 11.3 Å². The number of hydrogen-bond donors (Lipinski definition) is 0. The van der Waals surface area contributed by atoms with E-state index in [1.165, 1.54) is 19.2 Å². The highest BCUT2D eigenvalue weighted by Crippen LogP contribution is 2.55. The van der Waals surface area contributed by atoms with Crippen LogP contribution in [0.1, 0.15) is 23.2 Å². The highest BCUT2D eigenvalue weighted by atomic mass is 16.5. The smallest absolute Gasteiger partial charge is 0.337 e. The largest absolute Gasteiger partial charge is 0.465 e. The molecule has 1 saturated carbocycles. The van der Waals surface area contributed by atoms with Gasteiger partial charge in [0.2, 0.25) is 5.91 Å². The molecule has 1 spiro atoms. The summed E-state index contributed by atoms with van der Waals surface area (Å²) in [5, 5.41) is 8.15. The summed E-state index contributed by atoms with van der Waals surface area (Å²) in [4.78, 5) is 37.7. The molecule has 2 heterocycles. The number of esters is 1. The summed E-state index contributed by atoms with van der Waals surface area (Å²) in [6.07, 6.45) is 1.62. The van der Waals surface area contributed by atoms with Gasteiger partial charge in [0.1, 0.15) is 0 Å². The van der Waals surface area contributed by atoms with E-state index in [1.54, 1.807) is 12.1 Å². The molecule has 0 N–H and O–H groups in total. The zero-order chi connectivity index (χ0) is 15.5. The third-order valence-electron chi connectivity index (χ3n) is 4.54. The molecule has 0 aromatic heterocycles. The zero-order valence-electron chi connectivity index (χ0n) is 11.9. The molecule has 2 aliphatic heterocycles. The minimum absolute atomic E-state index is 0.247. The maximum Gasteiger partial charge on any atom is 0.337 e. The molecule has 2 fully saturated rings. The van der Waals surface area contributed by atoms with Crippen LogP contribution >= 0.6 is 0 Å². The van der Waals surface area contributed by atoms with E-state index in [-0.39, 0.29) is 11.8 Å². The minimum Gasteiger partial charge on any atom is -0.465 e. The Labute approximate surface area is 126 Å². The number of azo groups is 1. The summed E-state index contributed by atoms with van der Waals surface area (Å²) in [5.41, 5.74) is 0.380. The topological polar surface area (TPSA) is 88.4 Å². The summed E-state index contributed by atoms with van der Waals surface area (Å²) >= 11 is 0. The predicted molar refractivity (Wildman–Crippen MR) is 74.4 cm³/mol. The molecule has 0 radical (unpaired) electrons. The number of methoxy groups -OCH3 is 1. The molecule has 2 amide bonds. The number of hydrogen-bond acceptors (Lipinski definition) is 6. The molecule has 4 rings (SSSR count). The number of amides is 2. The van der Waals surface area contributed by atoms with Crippen LogP contribution in [0.4, 0.5) is 5.69 Å². The average molecular weight is 299 g/mol. The first kappa shape index (κ1) is 13.1. The first-order valence-electron chi connectivity index (χ1n) is 7.06. The van der Waals surface area contributed by atoms with Gasteiger partial charge in [-0.2, -0.15) is 10.2 Å². The van der Waals surface area contributed by atoms with Gasteiger partial charge in [-0.3, -0.25) is 9.59 Å². The van der Waals surface area contributed by atoms with Crippen molar-refractivity contribution in [2.45, 2.75) is 24.4 Å². The lowest BCUT2D eigenvalue weighted by atomic mass is 9.94. The van der Waals surface area contributed by atoms with E-state index in [2.05, 4.69) is 15.0 Å². The van der Waals surface area contributed by atoms with Crippen molar-refractivity contribution in [3.63, 3.8) is 0 Å². The lowest BCUT2D eigenvalue weighted by molar-refractivity contribution is -0.122. The first-order valence-corrected chi connectivity index (χ1v) is 7.06. The van der Waals surface area contributed by atoms with E-state index in [9.17, 15) is 14.4 Å². The maximum absolute atomic E-state index is 12.6. The van der Waals surface area contributed by atoms with E-state index < -0.39 is 23.5 Å². The fraction of sp³-hybridized carbons (Fsp3) is 0.400. The summed E-state index contributed by atoms with van der Waals surface area (Å²) in [7, 11) is 1.30. The third-order valence-corrected chi connectivity index (χ3v) is 4.54. The molecule has 1 aromatic rings. The molecule has 1 aromatic carbocycles. The van der Waals surface area contributed by atoms with Crippen molar-refractivity contribution in [3.05, 3.63) is 29.8 Å². The number of rotatable bonds is 2. The van der Waals surface area contributed by atoms with Crippen LogP contribution in [0.5, 0.6) is 0 Å². The summed E-state index contributed by atoms with van der Waals surface area (Å²) in [6, 6.07) is 5.52. The van der Waals surface area contributed by atoms with Gasteiger partial charge < -0.3 is 4.74 Å². The number of nitrogens with zero attached hydrogens (tertiary/aromatic N) is 3. The van der Waals surface area contributed by atoms with E-state index in [4.69, 9.17) is 0 Å². The van der Waals surface area contributed by atoms with Crippen LogP contribution < -0.4 is 4.90 Å². The SMILES string of the molecule is COC(=O)c1ccc(N2C(=O)[C@H]3N=NC4(CC4)[C@H]3C2=O)cc1. The molecular weight excluding hydrogens is 286 g/mol. The third kappa shape index (κ3) is 1.59. The number of fused-ring (bicyclic) bond motifs is 2. The van der Waals surface area contributed by atoms with Gasteiger partial charge in [-0.25, -0.2) is 9.69 Å². The number of anilines is 1. The molecule has 1 saturated heterocycles. The Kier molecular flexibility index (Phi) is 2.52. The van der Waals surface area contributed by atoms with Gasteiger partial charge in [0.25, 0.3) is 5.91 Å². The number of imide groups is 1. The van der Waals surface area contributed by atoms with Crippen LogP contribution in [0, 0.1) is 5.92 Å². The van der Waals surface area contributed by atoms with Crippen molar-refractivity contribution in [1.29, 1.82) is 0 Å². The highest BCUT2D eigenvalue weighted by molar-refractivity contribution is 6.24. The molecule has 0 bridgehead atoms. The molecule has 1 aliphatic carbocycles. The van der Waals surface area contributed by atoms with Gasteiger partial charge in [-0.15, -0.1) is 0 Å². The molecule has 2 atom stereocenters. The zero-order valence-corrected chi connectivity index (χ0v) is 11.9. The van der Waals surface area contributed by atoms with Crippen molar-refractivity contribution in [3.8, 4) is 0 Å². The van der Waals surface area contributed by atoms with Crippen molar-refractivity contribution in [1.82, 2.24) is 0 Å². The Bertz CT molecular complexity index is 721. The Hall–Kier alpha value is -2.57. The molecule has 112 valence electrons. The van der Waals surface area contributed by atoms with Crippen LogP contribution in [0.2, 0.25) is 0 Å². The van der Waals surface area contributed by atoms with Gasteiger partial charge in [0.15, 0.2) is 6.04 Å². The standard InChI is InChI=1S/C15H13N3O4/c1-22-14(21)8-2-4-9(5-3-8)18-12(19)10-11(13(18)20)16-17-15(10)6-7-15/h2-5,10-11H,6-7H2,1H3/t10-,11+/m1/s1. The second-order valence-electron chi connectivity index (χ2n) is 5.79. The summed E-state index contributed by atoms with van der Waals surface area (Å²) < 4.78 is 4.63. The van der Waals surface area contributed by atoms with E-state index in [0.717, 1.165) is 17.7 Å². The fourth-order valence-corrected chi connectivity index (χ4v) is 3.19. The number of ether oxygens (including phenoxy) is 1. The Balaban J connectivity index is 1.66. The second kappa shape index (κ2) is 4.22. The van der Waals surface area contributed by atoms with Gasteiger partial charge in [-0.05, 0) is 37.1 Å². The Morgan fingerprint density at radius 2 is 1.91 bits per heavy atom. The molecule has 7 heteroatoms. The van der Waals surface area contributed by atoms with Gasteiger partial charge in [-0.1, -0.05) is 0 Å². The van der Waals surface area contributed by atoms with Crippen molar-refractivity contribution < 1.29 is 19.1 Å². The van der Waals surface area contributed by atoms with Gasteiger partial charge in [0.05, 0.1) is 29.8 Å². The summed E-state index contributed by atoms with van der Waals surface area (Å²) in [6.45, 7) is 0. The van der Waals surface area contributed by atoms with Crippen molar-refractivity contribution in [2.24, 2.45) is 16.1 Å². The molecular formula is C15H13N3O4. The second-order valence-corrected chi connectivity index (χ2v) is 5.79. The van der Waals surface area contributed by atoms with Crippen molar-refractivity contribution >= 4 is 23.5 Å². The average Bonchev–Trinajstić information content (AvgIpc) is 3.13. The van der Waals surface area contributed by atoms with Crippen LogP contribution in [-0.4, -0.2) is 36.5 Å². The van der Waals surface area contributed by atoms with Gasteiger partial charge >= 0.3 is 5.97 Å². The fourth-order valence-electron chi connectivity index (χ4n) is 3.19. The van der Waals surface area contributed by atoms with E-state index in [1.807, 2.05) is 0 Å². The minimum atomic E-state index is -0.685. The first-order chi connectivity index (χ1) is 10.6. The van der Waals surface area contributed by atoms with Crippen LogP contribution in [-0.2, 0) is 14.3 Å². The number of benzene rings is 1. The van der Waals surface area contributed by atoms with Crippen LogP contribution in [0.25, 0.3) is 0 Å². The maximum atomic E-state index is 12.6. The molecule has 7 nitrogen and oxygen atoms in total. The summed E-state index contributed by atoms with van der Waals surface area (Å²) in [5.74, 6) is -1.51. The van der Waals surface area contributed by atoms with E-state index >= 15 is 0 Å². The Morgan fingerprint density at radius 1 is 1.23 bits per heavy atom. The predicted octanol–water partition coefficient (Wildman–Crippen LogP) is 1.33. The Morgan fingerprint density at radius 3 is 2.50 bits per heavy atom. The number of carbonyl (C=O) groups is 3. The normalized spacial score (nSPS) is 27.4. The van der Waals surface area contributed by atoms with Crippen LogP contribution in [0.15, 0.2) is 34.5 Å². The quantitative estimate of drug-likeness (QED) is 0.608. The monoisotopic (exact) mass is 299 g/mol. The van der Waals surface area contributed by atoms with Gasteiger partial charge in [0, 0.05) is 0 Å². The highest BCUT2D eigenvalue weighted by Gasteiger charge is 2.67.